The molecular formula is C12H20O. The molecule has 0 aromatic carbocycles. The highest BCUT2D eigenvalue weighted by Crippen LogP contribution is 1.90. The van der Waals surface area contributed by atoms with Crippen LogP contribution in [-0.2, 0) is 4.74 Å². The van der Waals surface area contributed by atoms with Gasteiger partial charge in [0.15, 0.2) is 0 Å². The summed E-state index contributed by atoms with van der Waals surface area (Å²) in [5, 5.41) is 0. The van der Waals surface area contributed by atoms with Crippen LogP contribution in [0.25, 0.3) is 0 Å². The Hall–Kier alpha value is -0.740. The van der Waals surface area contributed by atoms with E-state index in [0.29, 0.717) is 13.2 Å². The molecule has 1 nitrogen and oxygen atoms in total. The first-order valence-corrected chi connectivity index (χ1v) is 4.94. The lowest BCUT2D eigenvalue weighted by atomic mass is 10.2. The van der Waals surface area contributed by atoms with Crippen molar-refractivity contribution in [3.05, 3.63) is 11.6 Å². The summed E-state index contributed by atoms with van der Waals surface area (Å²) >= 11 is 0. The second-order valence-electron chi connectivity index (χ2n) is 3.25. The first kappa shape index (κ1) is 12.3. The molecule has 1 heteroatoms. The molecule has 0 aliphatic heterocycles. The first-order valence-electron chi connectivity index (χ1n) is 4.94. The predicted octanol–water partition coefficient (Wildman–Crippen LogP) is 3.16. The Labute approximate surface area is 82.2 Å². The van der Waals surface area contributed by atoms with Crippen molar-refractivity contribution in [2.24, 2.45) is 0 Å². The van der Waals surface area contributed by atoms with E-state index in [4.69, 9.17) is 4.74 Å². The van der Waals surface area contributed by atoms with Crippen LogP contribution in [0.1, 0.15) is 40.0 Å². The van der Waals surface area contributed by atoms with Gasteiger partial charge in [-0.3, -0.25) is 0 Å². The van der Waals surface area contributed by atoms with Crippen molar-refractivity contribution in [3.8, 4) is 11.8 Å². The molecule has 0 saturated carbocycles. The average Bonchev–Trinajstić information content (AvgIpc) is 2.09. The molecular weight excluding hydrogens is 160 g/mol. The molecule has 0 unspecified atom stereocenters. The highest BCUT2D eigenvalue weighted by molar-refractivity contribution is 4.99. The molecule has 13 heavy (non-hydrogen) atoms. The summed E-state index contributed by atoms with van der Waals surface area (Å²) in [5.41, 5.74) is 1.29. The molecule has 0 saturated heterocycles. The van der Waals surface area contributed by atoms with Crippen molar-refractivity contribution in [1.29, 1.82) is 0 Å². The summed E-state index contributed by atoms with van der Waals surface area (Å²) in [5.74, 6) is 6.07. The highest BCUT2D eigenvalue weighted by atomic mass is 16.5. The molecule has 0 atom stereocenters. The smallest absolute Gasteiger partial charge is 0.108 e. The van der Waals surface area contributed by atoms with E-state index in [9.17, 15) is 0 Å². The van der Waals surface area contributed by atoms with E-state index in [0.717, 1.165) is 6.42 Å². The molecule has 0 aromatic heterocycles. The monoisotopic (exact) mass is 180 g/mol. The number of hydrogen-bond donors (Lipinski definition) is 0. The molecule has 0 heterocycles. The van der Waals surface area contributed by atoms with Gasteiger partial charge in [0.1, 0.15) is 6.61 Å². The maximum atomic E-state index is 5.27. The maximum absolute atomic E-state index is 5.27. The van der Waals surface area contributed by atoms with Gasteiger partial charge in [0, 0.05) is 6.42 Å². The molecule has 0 radical (unpaired) electrons. The molecule has 0 aromatic rings. The van der Waals surface area contributed by atoms with Gasteiger partial charge in [-0.2, -0.15) is 0 Å². The van der Waals surface area contributed by atoms with Gasteiger partial charge >= 0.3 is 0 Å². The molecule has 0 amide bonds. The minimum Gasteiger partial charge on any atom is -0.365 e. The molecule has 0 N–H and O–H groups in total. The summed E-state index contributed by atoms with van der Waals surface area (Å²) in [4.78, 5) is 0. The van der Waals surface area contributed by atoms with E-state index in [1.54, 1.807) is 0 Å². The minimum atomic E-state index is 0.563. The SMILES string of the molecule is CCCCC#CCOCC=C(C)C. The number of allylic oxidation sites excluding steroid dienone is 1. The van der Waals surface area contributed by atoms with Gasteiger partial charge in [-0.15, -0.1) is 5.92 Å². The van der Waals surface area contributed by atoms with Gasteiger partial charge < -0.3 is 4.74 Å². The largest absolute Gasteiger partial charge is 0.365 e. The topological polar surface area (TPSA) is 9.23 Å². The Morgan fingerprint density at radius 2 is 2.08 bits per heavy atom. The fourth-order valence-corrected chi connectivity index (χ4v) is 0.740. The lowest BCUT2D eigenvalue weighted by Gasteiger charge is -1.93. The number of rotatable bonds is 5. The Morgan fingerprint density at radius 1 is 1.31 bits per heavy atom. The van der Waals surface area contributed by atoms with Crippen molar-refractivity contribution in [2.45, 2.75) is 40.0 Å². The lowest BCUT2D eigenvalue weighted by molar-refractivity contribution is 0.198. The first-order chi connectivity index (χ1) is 6.27. The van der Waals surface area contributed by atoms with Gasteiger partial charge in [0.05, 0.1) is 6.61 Å². The van der Waals surface area contributed by atoms with Crippen LogP contribution in [-0.4, -0.2) is 13.2 Å². The Morgan fingerprint density at radius 3 is 2.69 bits per heavy atom. The van der Waals surface area contributed by atoms with Crippen LogP contribution in [0.2, 0.25) is 0 Å². The predicted molar refractivity (Wildman–Crippen MR) is 57.6 cm³/mol. The van der Waals surface area contributed by atoms with Crippen molar-refractivity contribution in [2.75, 3.05) is 13.2 Å². The molecule has 0 fully saturated rings. The van der Waals surface area contributed by atoms with Crippen molar-refractivity contribution in [3.63, 3.8) is 0 Å². The fraction of sp³-hybridized carbons (Fsp3) is 0.667. The van der Waals surface area contributed by atoms with Crippen LogP contribution in [0.15, 0.2) is 11.6 Å². The fourth-order valence-electron chi connectivity index (χ4n) is 0.740. The molecule has 0 aliphatic rings. The molecule has 0 aliphatic carbocycles. The van der Waals surface area contributed by atoms with Crippen LogP contribution >= 0.6 is 0 Å². The van der Waals surface area contributed by atoms with E-state index in [-0.39, 0.29) is 0 Å². The zero-order chi connectivity index (χ0) is 9.94. The van der Waals surface area contributed by atoms with E-state index in [2.05, 4.69) is 38.7 Å². The number of hydrogen-bond acceptors (Lipinski definition) is 1. The average molecular weight is 180 g/mol. The highest BCUT2D eigenvalue weighted by Gasteiger charge is 1.80. The summed E-state index contributed by atoms with van der Waals surface area (Å²) in [6.07, 6.45) is 5.48. The van der Waals surface area contributed by atoms with Gasteiger partial charge in [0.2, 0.25) is 0 Å². The van der Waals surface area contributed by atoms with Crippen LogP contribution < -0.4 is 0 Å². The Bertz CT molecular complexity index is 189. The van der Waals surface area contributed by atoms with E-state index < -0.39 is 0 Å². The van der Waals surface area contributed by atoms with Gasteiger partial charge in [-0.1, -0.05) is 30.9 Å². The van der Waals surface area contributed by atoms with E-state index in [1.807, 2.05) is 0 Å². The van der Waals surface area contributed by atoms with Gasteiger partial charge in [-0.05, 0) is 20.3 Å². The van der Waals surface area contributed by atoms with E-state index in [1.165, 1.54) is 18.4 Å². The van der Waals surface area contributed by atoms with Gasteiger partial charge in [0.25, 0.3) is 0 Å². The van der Waals surface area contributed by atoms with E-state index >= 15 is 0 Å². The maximum Gasteiger partial charge on any atom is 0.108 e. The molecule has 0 bridgehead atoms. The van der Waals surface area contributed by atoms with Crippen LogP contribution in [0.5, 0.6) is 0 Å². The zero-order valence-electron chi connectivity index (χ0n) is 9.02. The summed E-state index contributed by atoms with van der Waals surface area (Å²) in [7, 11) is 0. The molecule has 0 rings (SSSR count). The van der Waals surface area contributed by atoms with Crippen molar-refractivity contribution >= 4 is 0 Å². The third kappa shape index (κ3) is 11.3. The quantitative estimate of drug-likeness (QED) is 0.359. The summed E-state index contributed by atoms with van der Waals surface area (Å²) in [6.45, 7) is 7.55. The summed E-state index contributed by atoms with van der Waals surface area (Å²) < 4.78 is 5.27. The van der Waals surface area contributed by atoms with Crippen LogP contribution in [0.4, 0.5) is 0 Å². The number of ether oxygens (including phenoxy) is 1. The van der Waals surface area contributed by atoms with Gasteiger partial charge in [-0.25, -0.2) is 0 Å². The van der Waals surface area contributed by atoms with Crippen molar-refractivity contribution < 1.29 is 4.74 Å². The zero-order valence-corrected chi connectivity index (χ0v) is 9.02. The third-order valence-electron chi connectivity index (χ3n) is 1.56. The lowest BCUT2D eigenvalue weighted by Crippen LogP contribution is -1.91. The van der Waals surface area contributed by atoms with Crippen molar-refractivity contribution in [1.82, 2.24) is 0 Å². The Balaban J connectivity index is 3.23. The summed E-state index contributed by atoms with van der Waals surface area (Å²) in [6, 6.07) is 0. The molecule has 74 valence electrons. The second-order valence-corrected chi connectivity index (χ2v) is 3.25. The molecule has 0 spiro atoms. The van der Waals surface area contributed by atoms with Crippen LogP contribution in [0.3, 0.4) is 0 Å². The normalized spacial score (nSPS) is 8.85. The Kier molecular flexibility index (Phi) is 8.82. The second kappa shape index (κ2) is 9.35. The van der Waals surface area contributed by atoms with Crippen LogP contribution in [0, 0.1) is 11.8 Å². The standard InChI is InChI=1S/C12H20O/c1-4-5-6-7-8-10-13-11-9-12(2)3/h9H,4-6,10-11H2,1-3H3. The minimum absolute atomic E-state index is 0.563. The third-order valence-corrected chi connectivity index (χ3v) is 1.56. The number of unbranched alkanes of at least 4 members (excludes halogenated alkanes) is 2.